The third-order valence-corrected chi connectivity index (χ3v) is 6.25. The van der Waals surface area contributed by atoms with Gasteiger partial charge in [0.1, 0.15) is 4.83 Å². The Morgan fingerprint density at radius 2 is 1.97 bits per heavy atom. The van der Waals surface area contributed by atoms with Crippen molar-refractivity contribution < 1.29 is 4.79 Å². The van der Waals surface area contributed by atoms with Crippen LogP contribution in [0.5, 0.6) is 0 Å². The van der Waals surface area contributed by atoms with Crippen molar-refractivity contribution in [3.63, 3.8) is 0 Å². The van der Waals surface area contributed by atoms with Gasteiger partial charge < -0.3 is 9.80 Å². The highest BCUT2D eigenvalue weighted by molar-refractivity contribution is 7.99. The maximum atomic E-state index is 12.7. The Hall–Kier alpha value is -2.58. The Kier molecular flexibility index (Phi) is 6.76. The summed E-state index contributed by atoms with van der Waals surface area (Å²) in [5, 5.41) is 3.00. The van der Waals surface area contributed by atoms with Gasteiger partial charge in [0.25, 0.3) is 5.56 Å². The van der Waals surface area contributed by atoms with Crippen LogP contribution in [0.3, 0.4) is 0 Å². The van der Waals surface area contributed by atoms with E-state index in [0.29, 0.717) is 28.5 Å². The standard InChI is InChI=1S/C21H24N4O2S2/c1-5-11-25-20(27)17-10-12-28-19(17)22-21(25)29-14-18(26)24(4)13-15-6-8-16(9-7-15)23(2)3/h5-10,12H,1,11,13-14H2,2-4H3. The lowest BCUT2D eigenvalue weighted by Crippen LogP contribution is -2.28. The van der Waals surface area contributed by atoms with Crippen molar-refractivity contribution >= 4 is 44.9 Å². The molecule has 2 heterocycles. The zero-order valence-electron chi connectivity index (χ0n) is 16.8. The highest BCUT2D eigenvalue weighted by Gasteiger charge is 2.15. The van der Waals surface area contributed by atoms with Crippen LogP contribution in [0.2, 0.25) is 0 Å². The maximum absolute atomic E-state index is 12.7. The number of nitrogens with zero attached hydrogens (tertiary/aromatic N) is 4. The molecule has 0 fully saturated rings. The number of amides is 1. The van der Waals surface area contributed by atoms with E-state index in [1.54, 1.807) is 28.7 Å². The highest BCUT2D eigenvalue weighted by atomic mass is 32.2. The van der Waals surface area contributed by atoms with Crippen molar-refractivity contribution in [1.82, 2.24) is 14.5 Å². The van der Waals surface area contributed by atoms with Crippen molar-refractivity contribution in [1.29, 1.82) is 0 Å². The molecule has 3 rings (SSSR count). The minimum absolute atomic E-state index is 0.0163. The summed E-state index contributed by atoms with van der Waals surface area (Å²) >= 11 is 2.71. The average Bonchev–Trinajstić information content (AvgIpc) is 3.17. The molecule has 1 amide bonds. The van der Waals surface area contributed by atoms with E-state index in [2.05, 4.69) is 11.6 Å². The monoisotopic (exact) mass is 428 g/mol. The van der Waals surface area contributed by atoms with Crippen molar-refractivity contribution in [2.45, 2.75) is 18.2 Å². The molecule has 2 aromatic heterocycles. The molecule has 0 aliphatic heterocycles. The minimum atomic E-state index is -0.0968. The number of aromatic nitrogens is 2. The van der Waals surface area contributed by atoms with Gasteiger partial charge in [0.2, 0.25) is 5.91 Å². The predicted octanol–water partition coefficient (Wildman–Crippen LogP) is 3.46. The van der Waals surface area contributed by atoms with Crippen LogP contribution in [0.1, 0.15) is 5.56 Å². The fourth-order valence-corrected chi connectivity index (χ4v) is 4.58. The molecule has 0 atom stereocenters. The zero-order chi connectivity index (χ0) is 21.0. The van der Waals surface area contributed by atoms with Crippen molar-refractivity contribution in [3.05, 3.63) is 64.3 Å². The van der Waals surface area contributed by atoms with E-state index in [4.69, 9.17) is 0 Å². The van der Waals surface area contributed by atoms with Crippen LogP contribution < -0.4 is 10.5 Å². The Balaban J connectivity index is 1.68. The molecule has 29 heavy (non-hydrogen) atoms. The third kappa shape index (κ3) is 4.89. The maximum Gasteiger partial charge on any atom is 0.263 e. The molecule has 0 spiro atoms. The van der Waals surface area contributed by atoms with Gasteiger partial charge >= 0.3 is 0 Å². The molecule has 8 heteroatoms. The number of allylic oxidation sites excluding steroid dienone is 1. The Morgan fingerprint density at radius 3 is 2.62 bits per heavy atom. The fourth-order valence-electron chi connectivity index (χ4n) is 2.83. The molecule has 0 aliphatic carbocycles. The number of thiophene rings is 1. The van der Waals surface area contributed by atoms with E-state index in [1.165, 1.54) is 23.1 Å². The predicted molar refractivity (Wildman–Crippen MR) is 122 cm³/mol. The molecule has 0 radical (unpaired) electrons. The zero-order valence-corrected chi connectivity index (χ0v) is 18.4. The number of hydrogen-bond donors (Lipinski definition) is 0. The van der Waals surface area contributed by atoms with E-state index in [1.807, 2.05) is 48.6 Å². The van der Waals surface area contributed by atoms with Crippen LogP contribution in [0.15, 0.2) is 58.3 Å². The molecule has 0 aliphatic rings. The van der Waals surface area contributed by atoms with E-state index in [0.717, 1.165) is 11.3 Å². The van der Waals surface area contributed by atoms with Crippen molar-refractivity contribution in [2.75, 3.05) is 31.8 Å². The van der Waals surface area contributed by atoms with Crippen molar-refractivity contribution in [2.24, 2.45) is 0 Å². The normalized spacial score (nSPS) is 10.9. The lowest BCUT2D eigenvalue weighted by Gasteiger charge is -2.18. The van der Waals surface area contributed by atoms with Crippen molar-refractivity contribution in [3.8, 4) is 0 Å². The van der Waals surface area contributed by atoms with Gasteiger partial charge in [-0.05, 0) is 29.1 Å². The molecular formula is C21H24N4O2S2. The van der Waals surface area contributed by atoms with Gasteiger partial charge in [-0.15, -0.1) is 17.9 Å². The quantitative estimate of drug-likeness (QED) is 0.312. The number of benzene rings is 1. The van der Waals surface area contributed by atoms with Crippen LogP contribution in [0, 0.1) is 0 Å². The second-order valence-electron chi connectivity index (χ2n) is 6.84. The van der Waals surface area contributed by atoms with Gasteiger partial charge in [-0.1, -0.05) is 30.0 Å². The number of rotatable bonds is 8. The number of carbonyl (C=O) groups is 1. The number of thioether (sulfide) groups is 1. The lowest BCUT2D eigenvalue weighted by atomic mass is 10.2. The molecule has 1 aromatic carbocycles. The molecular weight excluding hydrogens is 404 g/mol. The smallest absolute Gasteiger partial charge is 0.263 e. The second kappa shape index (κ2) is 9.28. The molecule has 6 nitrogen and oxygen atoms in total. The van der Waals surface area contributed by atoms with E-state index in [-0.39, 0.29) is 17.2 Å². The number of carbonyl (C=O) groups excluding carboxylic acids is 1. The first-order valence-electron chi connectivity index (χ1n) is 9.12. The summed E-state index contributed by atoms with van der Waals surface area (Å²) in [6, 6.07) is 9.91. The summed E-state index contributed by atoms with van der Waals surface area (Å²) < 4.78 is 1.57. The number of fused-ring (bicyclic) bond motifs is 1. The largest absolute Gasteiger partial charge is 0.378 e. The van der Waals surface area contributed by atoms with Gasteiger partial charge in [0.05, 0.1) is 11.1 Å². The lowest BCUT2D eigenvalue weighted by molar-refractivity contribution is -0.127. The van der Waals surface area contributed by atoms with E-state index < -0.39 is 0 Å². The molecule has 0 saturated carbocycles. The molecule has 0 saturated heterocycles. The van der Waals surface area contributed by atoms with Gasteiger partial charge in [-0.25, -0.2) is 4.98 Å². The average molecular weight is 429 g/mol. The molecule has 3 aromatic rings. The second-order valence-corrected chi connectivity index (χ2v) is 8.67. The molecule has 0 bridgehead atoms. The van der Waals surface area contributed by atoms with Gasteiger partial charge in [0.15, 0.2) is 5.16 Å². The molecule has 0 N–H and O–H groups in total. The number of hydrogen-bond acceptors (Lipinski definition) is 6. The third-order valence-electron chi connectivity index (χ3n) is 4.48. The fraction of sp³-hybridized carbons (Fsp3) is 0.286. The summed E-state index contributed by atoms with van der Waals surface area (Å²) in [7, 11) is 5.78. The Bertz CT molecular complexity index is 1070. The van der Waals surface area contributed by atoms with Crippen LogP contribution in [0.25, 0.3) is 10.2 Å². The van der Waals surface area contributed by atoms with E-state index >= 15 is 0 Å². The van der Waals surface area contributed by atoms with E-state index in [9.17, 15) is 9.59 Å². The minimum Gasteiger partial charge on any atom is -0.378 e. The Morgan fingerprint density at radius 1 is 1.24 bits per heavy atom. The number of anilines is 1. The summed E-state index contributed by atoms with van der Waals surface area (Å²) in [4.78, 5) is 34.3. The Labute approximate surface area is 178 Å². The first kappa shape index (κ1) is 21.1. The van der Waals surface area contributed by atoms with Crippen LogP contribution >= 0.6 is 23.1 Å². The first-order chi connectivity index (χ1) is 13.9. The SMILES string of the molecule is C=CCn1c(SCC(=O)N(C)Cc2ccc(N(C)C)cc2)nc2sccc2c1=O. The topological polar surface area (TPSA) is 58.4 Å². The van der Waals surface area contributed by atoms with Gasteiger partial charge in [-0.3, -0.25) is 14.2 Å². The van der Waals surface area contributed by atoms with Crippen LogP contribution in [-0.2, 0) is 17.9 Å². The highest BCUT2D eigenvalue weighted by Crippen LogP contribution is 2.22. The summed E-state index contributed by atoms with van der Waals surface area (Å²) in [5.74, 6) is 0.199. The van der Waals surface area contributed by atoms with Gasteiger partial charge in [-0.2, -0.15) is 0 Å². The first-order valence-corrected chi connectivity index (χ1v) is 11.0. The van der Waals surface area contributed by atoms with Crippen LogP contribution in [-0.4, -0.2) is 47.3 Å². The van der Waals surface area contributed by atoms with Gasteiger partial charge in [0, 0.05) is 39.9 Å². The van der Waals surface area contributed by atoms with Crippen LogP contribution in [0.4, 0.5) is 5.69 Å². The molecule has 152 valence electrons. The molecule has 0 unspecified atom stereocenters. The summed E-state index contributed by atoms with van der Waals surface area (Å²) in [6.45, 7) is 4.62. The summed E-state index contributed by atoms with van der Waals surface area (Å²) in [6.07, 6.45) is 1.66. The summed E-state index contributed by atoms with van der Waals surface area (Å²) in [5.41, 5.74) is 2.09.